The van der Waals surface area contributed by atoms with Crippen LogP contribution in [0.25, 0.3) is 11.3 Å². The molecule has 0 atom stereocenters. The lowest BCUT2D eigenvalue weighted by molar-refractivity contribution is 0.582. The number of anilines is 1. The molecule has 0 fully saturated rings. The van der Waals surface area contributed by atoms with Crippen LogP contribution in [0.1, 0.15) is 0 Å². The van der Waals surface area contributed by atoms with E-state index in [1.807, 2.05) is 6.07 Å². The molecule has 1 heterocycles. The average Bonchev–Trinajstić information content (AvgIpc) is 2.69. The molecule has 84 valence electrons. The molecule has 0 saturated carbocycles. The Morgan fingerprint density at radius 2 is 1.81 bits per heavy atom. The second kappa shape index (κ2) is 4.02. The highest BCUT2D eigenvalue weighted by molar-refractivity contribution is 7.92. The molecule has 4 nitrogen and oxygen atoms in total. The average molecular weight is 237 g/mol. The van der Waals surface area contributed by atoms with Gasteiger partial charge in [-0.3, -0.25) is 4.72 Å². The normalized spacial score (nSPS) is 11.3. The second-order valence-corrected chi connectivity index (χ2v) is 5.18. The molecule has 0 saturated heterocycles. The van der Waals surface area contributed by atoms with Crippen LogP contribution in [0.4, 0.5) is 5.69 Å². The Hall–Kier alpha value is -1.75. The summed E-state index contributed by atoms with van der Waals surface area (Å²) in [5, 5.41) is 0. The van der Waals surface area contributed by atoms with Crippen LogP contribution in [0.15, 0.2) is 47.1 Å². The van der Waals surface area contributed by atoms with Crippen LogP contribution >= 0.6 is 0 Å². The maximum atomic E-state index is 11.0. The molecular formula is C11H11NO3S. The minimum absolute atomic E-state index is 0.540. The highest BCUT2D eigenvalue weighted by Crippen LogP contribution is 2.21. The molecule has 1 aromatic carbocycles. The van der Waals surface area contributed by atoms with Crippen molar-refractivity contribution in [2.24, 2.45) is 0 Å². The summed E-state index contributed by atoms with van der Waals surface area (Å²) < 4.78 is 29.6. The van der Waals surface area contributed by atoms with Crippen molar-refractivity contribution in [1.82, 2.24) is 0 Å². The van der Waals surface area contributed by atoms with Gasteiger partial charge in [-0.2, -0.15) is 0 Å². The molecule has 0 aliphatic heterocycles. The molecule has 2 rings (SSSR count). The van der Waals surface area contributed by atoms with Gasteiger partial charge in [-0.1, -0.05) is 0 Å². The fourth-order valence-electron chi connectivity index (χ4n) is 1.36. The Morgan fingerprint density at radius 1 is 1.12 bits per heavy atom. The number of hydrogen-bond donors (Lipinski definition) is 1. The summed E-state index contributed by atoms with van der Waals surface area (Å²) >= 11 is 0. The first-order valence-electron chi connectivity index (χ1n) is 4.66. The minimum atomic E-state index is -3.22. The quantitative estimate of drug-likeness (QED) is 0.891. The number of nitrogens with one attached hydrogen (secondary N) is 1. The third-order valence-electron chi connectivity index (χ3n) is 1.99. The van der Waals surface area contributed by atoms with Crippen LogP contribution in [0.5, 0.6) is 0 Å². The van der Waals surface area contributed by atoms with E-state index in [0.29, 0.717) is 5.69 Å². The molecule has 0 aliphatic rings. The monoisotopic (exact) mass is 237 g/mol. The van der Waals surface area contributed by atoms with Crippen molar-refractivity contribution in [2.75, 3.05) is 11.0 Å². The van der Waals surface area contributed by atoms with Gasteiger partial charge < -0.3 is 4.42 Å². The van der Waals surface area contributed by atoms with E-state index < -0.39 is 10.0 Å². The summed E-state index contributed by atoms with van der Waals surface area (Å²) in [6, 6.07) is 10.6. The Labute approximate surface area is 94.0 Å². The number of sulfonamides is 1. The minimum Gasteiger partial charge on any atom is -0.464 e. The van der Waals surface area contributed by atoms with Crippen LogP contribution in [0.3, 0.4) is 0 Å². The fraction of sp³-hybridized carbons (Fsp3) is 0.0909. The first kappa shape index (κ1) is 10.8. The Morgan fingerprint density at radius 3 is 2.31 bits per heavy atom. The zero-order valence-electron chi connectivity index (χ0n) is 8.67. The number of furan rings is 1. The molecule has 2 aromatic rings. The highest BCUT2D eigenvalue weighted by Gasteiger charge is 2.03. The van der Waals surface area contributed by atoms with E-state index in [1.165, 1.54) is 0 Å². The predicted molar refractivity (Wildman–Crippen MR) is 62.6 cm³/mol. The van der Waals surface area contributed by atoms with Crippen molar-refractivity contribution in [1.29, 1.82) is 0 Å². The van der Waals surface area contributed by atoms with Crippen LogP contribution in [-0.4, -0.2) is 14.7 Å². The Kier molecular flexibility index (Phi) is 2.70. The van der Waals surface area contributed by atoms with E-state index >= 15 is 0 Å². The maximum Gasteiger partial charge on any atom is 0.229 e. The van der Waals surface area contributed by atoms with E-state index in [9.17, 15) is 8.42 Å². The standard InChI is InChI=1S/C11H11NO3S/c1-16(13,14)12-10-6-4-9(5-7-10)11-3-2-8-15-11/h2-8,12H,1H3. The van der Waals surface area contributed by atoms with Gasteiger partial charge in [0, 0.05) is 11.3 Å². The van der Waals surface area contributed by atoms with E-state index in [-0.39, 0.29) is 0 Å². The summed E-state index contributed by atoms with van der Waals surface area (Å²) in [5.74, 6) is 0.755. The van der Waals surface area contributed by atoms with Gasteiger partial charge in [-0.15, -0.1) is 0 Å². The SMILES string of the molecule is CS(=O)(=O)Nc1ccc(-c2ccco2)cc1. The van der Waals surface area contributed by atoms with Crippen molar-refractivity contribution in [2.45, 2.75) is 0 Å². The molecule has 0 amide bonds. The largest absolute Gasteiger partial charge is 0.464 e. The van der Waals surface area contributed by atoms with Gasteiger partial charge in [0.2, 0.25) is 10.0 Å². The smallest absolute Gasteiger partial charge is 0.229 e. The van der Waals surface area contributed by atoms with Gasteiger partial charge in [0.15, 0.2) is 0 Å². The van der Waals surface area contributed by atoms with Crippen LogP contribution in [0, 0.1) is 0 Å². The molecule has 0 unspecified atom stereocenters. The van der Waals surface area contributed by atoms with E-state index in [0.717, 1.165) is 17.6 Å². The lowest BCUT2D eigenvalue weighted by Gasteiger charge is -2.03. The third-order valence-corrected chi connectivity index (χ3v) is 2.60. The fourth-order valence-corrected chi connectivity index (χ4v) is 1.92. The second-order valence-electron chi connectivity index (χ2n) is 3.43. The van der Waals surface area contributed by atoms with Crippen molar-refractivity contribution >= 4 is 15.7 Å². The molecule has 0 bridgehead atoms. The lowest BCUT2D eigenvalue weighted by Crippen LogP contribution is -2.09. The topological polar surface area (TPSA) is 59.3 Å². The van der Waals surface area contributed by atoms with Crippen LogP contribution < -0.4 is 4.72 Å². The van der Waals surface area contributed by atoms with E-state index in [1.54, 1.807) is 36.6 Å². The summed E-state index contributed by atoms with van der Waals surface area (Å²) in [5.41, 5.74) is 1.45. The number of benzene rings is 1. The summed E-state index contributed by atoms with van der Waals surface area (Å²) in [4.78, 5) is 0. The Balaban J connectivity index is 2.24. The maximum absolute atomic E-state index is 11.0. The number of hydrogen-bond acceptors (Lipinski definition) is 3. The summed E-state index contributed by atoms with van der Waals surface area (Å²) in [6.45, 7) is 0. The summed E-state index contributed by atoms with van der Waals surface area (Å²) in [6.07, 6.45) is 2.71. The van der Waals surface area contributed by atoms with E-state index in [4.69, 9.17) is 4.42 Å². The van der Waals surface area contributed by atoms with Crippen molar-refractivity contribution in [3.63, 3.8) is 0 Å². The van der Waals surface area contributed by atoms with Gasteiger partial charge in [0.1, 0.15) is 5.76 Å². The van der Waals surface area contributed by atoms with Crippen molar-refractivity contribution < 1.29 is 12.8 Å². The van der Waals surface area contributed by atoms with Crippen LogP contribution in [-0.2, 0) is 10.0 Å². The van der Waals surface area contributed by atoms with Gasteiger partial charge in [0.05, 0.1) is 12.5 Å². The first-order valence-corrected chi connectivity index (χ1v) is 6.55. The first-order chi connectivity index (χ1) is 7.54. The molecule has 16 heavy (non-hydrogen) atoms. The van der Waals surface area contributed by atoms with Gasteiger partial charge >= 0.3 is 0 Å². The van der Waals surface area contributed by atoms with Crippen molar-refractivity contribution in [3.8, 4) is 11.3 Å². The molecular weight excluding hydrogens is 226 g/mol. The Bertz CT molecular complexity index is 556. The van der Waals surface area contributed by atoms with Gasteiger partial charge in [0.25, 0.3) is 0 Å². The number of rotatable bonds is 3. The summed E-state index contributed by atoms with van der Waals surface area (Å²) in [7, 11) is -3.22. The molecule has 0 aliphatic carbocycles. The van der Waals surface area contributed by atoms with Gasteiger partial charge in [-0.25, -0.2) is 8.42 Å². The third kappa shape index (κ3) is 2.64. The molecule has 5 heteroatoms. The molecule has 0 spiro atoms. The van der Waals surface area contributed by atoms with Crippen LogP contribution in [0.2, 0.25) is 0 Å². The van der Waals surface area contributed by atoms with Crippen molar-refractivity contribution in [3.05, 3.63) is 42.7 Å². The molecule has 1 N–H and O–H groups in total. The molecule has 0 radical (unpaired) electrons. The predicted octanol–water partition coefficient (Wildman–Crippen LogP) is 2.32. The highest BCUT2D eigenvalue weighted by atomic mass is 32.2. The van der Waals surface area contributed by atoms with E-state index in [2.05, 4.69) is 4.72 Å². The zero-order valence-corrected chi connectivity index (χ0v) is 9.49. The molecule has 1 aromatic heterocycles. The van der Waals surface area contributed by atoms with Gasteiger partial charge in [-0.05, 0) is 36.4 Å². The lowest BCUT2D eigenvalue weighted by atomic mass is 10.1. The zero-order chi connectivity index (χ0) is 11.6.